The van der Waals surface area contributed by atoms with Gasteiger partial charge < -0.3 is 14.8 Å². The zero-order chi connectivity index (χ0) is 21.2. The van der Waals surface area contributed by atoms with Crippen molar-refractivity contribution in [2.75, 3.05) is 13.2 Å². The van der Waals surface area contributed by atoms with Crippen molar-refractivity contribution in [3.8, 4) is 11.5 Å². The van der Waals surface area contributed by atoms with Crippen LogP contribution in [0.4, 0.5) is 0 Å². The SMILES string of the molecule is CCNC(=O)C(=O)N/N=C\c1ccc(OCc2ccc(Cl)cc2Cl)c(OCC)c1. The summed E-state index contributed by atoms with van der Waals surface area (Å²) in [6.45, 7) is 4.61. The summed E-state index contributed by atoms with van der Waals surface area (Å²) in [4.78, 5) is 22.9. The number of carbonyl (C=O) groups excluding carboxylic acids is 2. The van der Waals surface area contributed by atoms with Gasteiger partial charge in [-0.1, -0.05) is 29.3 Å². The number of rotatable bonds is 8. The van der Waals surface area contributed by atoms with E-state index < -0.39 is 11.8 Å². The van der Waals surface area contributed by atoms with Crippen molar-refractivity contribution in [2.24, 2.45) is 5.10 Å². The normalized spacial score (nSPS) is 10.6. The molecule has 2 aromatic rings. The van der Waals surface area contributed by atoms with Gasteiger partial charge in [0.1, 0.15) is 6.61 Å². The van der Waals surface area contributed by atoms with Gasteiger partial charge in [-0.25, -0.2) is 5.43 Å². The number of hydrogen-bond acceptors (Lipinski definition) is 5. The quantitative estimate of drug-likeness (QED) is 0.375. The van der Waals surface area contributed by atoms with Gasteiger partial charge in [-0.2, -0.15) is 5.10 Å². The first-order valence-corrected chi connectivity index (χ1v) is 9.65. The van der Waals surface area contributed by atoms with E-state index in [1.54, 1.807) is 43.3 Å². The van der Waals surface area contributed by atoms with Gasteiger partial charge in [0.05, 0.1) is 12.8 Å². The van der Waals surface area contributed by atoms with Crippen LogP contribution in [0.5, 0.6) is 11.5 Å². The molecule has 0 bridgehead atoms. The number of amides is 2. The minimum absolute atomic E-state index is 0.242. The summed E-state index contributed by atoms with van der Waals surface area (Å²) in [6, 6.07) is 10.4. The first-order valence-electron chi connectivity index (χ1n) is 8.89. The summed E-state index contributed by atoms with van der Waals surface area (Å²) in [7, 11) is 0. The number of hydrazone groups is 1. The fourth-order valence-corrected chi connectivity index (χ4v) is 2.71. The maximum atomic E-state index is 11.5. The Bertz CT molecular complexity index is 903. The summed E-state index contributed by atoms with van der Waals surface area (Å²) >= 11 is 12.1. The van der Waals surface area contributed by atoms with Gasteiger partial charge in [-0.15, -0.1) is 0 Å². The molecule has 0 unspecified atom stereocenters. The van der Waals surface area contributed by atoms with Crippen molar-refractivity contribution < 1.29 is 19.1 Å². The van der Waals surface area contributed by atoms with E-state index in [4.69, 9.17) is 32.7 Å². The van der Waals surface area contributed by atoms with Crippen LogP contribution in [0.3, 0.4) is 0 Å². The molecule has 0 saturated carbocycles. The van der Waals surface area contributed by atoms with E-state index in [-0.39, 0.29) is 6.61 Å². The fraction of sp³-hybridized carbons (Fsp3) is 0.250. The molecule has 0 aliphatic rings. The van der Waals surface area contributed by atoms with Crippen molar-refractivity contribution in [2.45, 2.75) is 20.5 Å². The van der Waals surface area contributed by atoms with Gasteiger partial charge in [0.2, 0.25) is 0 Å². The minimum atomic E-state index is -0.840. The highest BCUT2D eigenvalue weighted by Crippen LogP contribution is 2.30. The van der Waals surface area contributed by atoms with Crippen molar-refractivity contribution in [3.05, 3.63) is 57.6 Å². The average molecular weight is 438 g/mol. The molecule has 2 N–H and O–H groups in total. The molecule has 154 valence electrons. The van der Waals surface area contributed by atoms with Gasteiger partial charge in [0, 0.05) is 22.2 Å². The first-order chi connectivity index (χ1) is 13.9. The van der Waals surface area contributed by atoms with Gasteiger partial charge in [0.15, 0.2) is 11.5 Å². The van der Waals surface area contributed by atoms with Crippen LogP contribution < -0.4 is 20.2 Å². The summed E-state index contributed by atoms with van der Waals surface area (Å²) in [5.74, 6) is -0.546. The Hall–Kier alpha value is -2.77. The molecule has 0 saturated heterocycles. The average Bonchev–Trinajstić information content (AvgIpc) is 2.69. The number of hydrogen-bond donors (Lipinski definition) is 2. The second-order valence-electron chi connectivity index (χ2n) is 5.72. The molecule has 7 nitrogen and oxygen atoms in total. The van der Waals surface area contributed by atoms with E-state index in [1.807, 2.05) is 6.92 Å². The Morgan fingerprint density at radius 3 is 2.52 bits per heavy atom. The highest BCUT2D eigenvalue weighted by atomic mass is 35.5. The number of carbonyl (C=O) groups is 2. The molecule has 0 aromatic heterocycles. The summed E-state index contributed by atoms with van der Waals surface area (Å²) < 4.78 is 11.5. The zero-order valence-electron chi connectivity index (χ0n) is 16.0. The number of ether oxygens (including phenoxy) is 2. The molecule has 0 atom stereocenters. The predicted molar refractivity (Wildman–Crippen MR) is 113 cm³/mol. The summed E-state index contributed by atoms with van der Waals surface area (Å²) in [5.41, 5.74) is 3.60. The molecule has 2 aromatic carbocycles. The molecule has 0 heterocycles. The third-order valence-electron chi connectivity index (χ3n) is 3.59. The lowest BCUT2D eigenvalue weighted by atomic mass is 10.2. The van der Waals surface area contributed by atoms with Crippen LogP contribution >= 0.6 is 23.2 Å². The lowest BCUT2D eigenvalue weighted by Crippen LogP contribution is -2.37. The van der Waals surface area contributed by atoms with Crippen molar-refractivity contribution in [3.63, 3.8) is 0 Å². The third-order valence-corrected chi connectivity index (χ3v) is 4.18. The highest BCUT2D eigenvalue weighted by Gasteiger charge is 2.11. The number of likely N-dealkylation sites (N-methyl/N-ethyl adjacent to an activating group) is 1. The Morgan fingerprint density at radius 2 is 1.83 bits per heavy atom. The van der Waals surface area contributed by atoms with E-state index in [1.165, 1.54) is 6.21 Å². The molecule has 0 aliphatic heterocycles. The number of nitrogens with zero attached hydrogens (tertiary/aromatic N) is 1. The van der Waals surface area contributed by atoms with E-state index in [9.17, 15) is 9.59 Å². The number of halogens is 2. The van der Waals surface area contributed by atoms with Crippen LogP contribution in [-0.2, 0) is 16.2 Å². The molecule has 29 heavy (non-hydrogen) atoms. The van der Waals surface area contributed by atoms with Crippen molar-refractivity contribution in [1.82, 2.24) is 10.7 Å². The molecule has 0 fully saturated rings. The lowest BCUT2D eigenvalue weighted by Gasteiger charge is -2.13. The standard InChI is InChI=1S/C20H21Cl2N3O4/c1-3-23-19(26)20(27)25-24-11-13-5-8-17(18(9-13)28-4-2)29-12-14-6-7-15(21)10-16(14)22/h5-11H,3-4,12H2,1-2H3,(H,23,26)(H,25,27)/b24-11-. The lowest BCUT2D eigenvalue weighted by molar-refractivity contribution is -0.139. The molecular formula is C20H21Cl2N3O4. The van der Waals surface area contributed by atoms with Crippen LogP contribution in [0, 0.1) is 0 Å². The maximum Gasteiger partial charge on any atom is 0.329 e. The van der Waals surface area contributed by atoms with Crippen molar-refractivity contribution in [1.29, 1.82) is 0 Å². The first kappa shape index (κ1) is 22.5. The number of nitrogens with one attached hydrogen (secondary N) is 2. The minimum Gasteiger partial charge on any atom is -0.490 e. The molecule has 0 aliphatic carbocycles. The van der Waals surface area contributed by atoms with Gasteiger partial charge in [-0.05, 0) is 49.7 Å². The topological polar surface area (TPSA) is 89.0 Å². The summed E-state index contributed by atoms with van der Waals surface area (Å²) in [5, 5.41) is 7.23. The molecular weight excluding hydrogens is 417 g/mol. The van der Waals surface area contributed by atoms with Crippen LogP contribution in [0.15, 0.2) is 41.5 Å². The smallest absolute Gasteiger partial charge is 0.329 e. The Morgan fingerprint density at radius 1 is 1.03 bits per heavy atom. The molecule has 0 radical (unpaired) electrons. The molecule has 2 amide bonds. The van der Waals surface area contributed by atoms with E-state index in [0.29, 0.717) is 40.3 Å². The van der Waals surface area contributed by atoms with E-state index in [2.05, 4.69) is 15.8 Å². The second kappa shape index (κ2) is 11.3. The molecule has 9 heteroatoms. The highest BCUT2D eigenvalue weighted by molar-refractivity contribution is 6.35. The van der Waals surface area contributed by atoms with Gasteiger partial charge in [0.25, 0.3) is 0 Å². The van der Waals surface area contributed by atoms with Gasteiger partial charge >= 0.3 is 11.8 Å². The van der Waals surface area contributed by atoms with Gasteiger partial charge in [-0.3, -0.25) is 9.59 Å². The fourth-order valence-electron chi connectivity index (χ4n) is 2.24. The Balaban J connectivity index is 2.06. The van der Waals surface area contributed by atoms with E-state index in [0.717, 1.165) is 5.56 Å². The van der Waals surface area contributed by atoms with Crippen LogP contribution in [0.25, 0.3) is 0 Å². The summed E-state index contributed by atoms with van der Waals surface area (Å²) in [6.07, 6.45) is 1.40. The Kier molecular flexibility index (Phi) is 8.76. The monoisotopic (exact) mass is 437 g/mol. The zero-order valence-corrected chi connectivity index (χ0v) is 17.5. The predicted octanol–water partition coefficient (Wildman–Crippen LogP) is 3.56. The largest absolute Gasteiger partial charge is 0.490 e. The van der Waals surface area contributed by atoms with Crippen LogP contribution in [0.1, 0.15) is 25.0 Å². The Labute approximate surface area is 179 Å². The maximum absolute atomic E-state index is 11.5. The van der Waals surface area contributed by atoms with Crippen molar-refractivity contribution >= 4 is 41.2 Å². The third kappa shape index (κ3) is 6.96. The molecule has 2 rings (SSSR count). The molecule has 0 spiro atoms. The van der Waals surface area contributed by atoms with E-state index >= 15 is 0 Å². The number of benzene rings is 2. The van der Waals surface area contributed by atoms with Crippen LogP contribution in [-0.4, -0.2) is 31.2 Å². The van der Waals surface area contributed by atoms with Crippen LogP contribution in [0.2, 0.25) is 10.0 Å². The second-order valence-corrected chi connectivity index (χ2v) is 6.57.